The van der Waals surface area contributed by atoms with Crippen molar-refractivity contribution in [3.8, 4) is 0 Å². The Morgan fingerprint density at radius 3 is 2.42 bits per heavy atom. The van der Waals surface area contributed by atoms with E-state index >= 15 is 0 Å². The largest absolute Gasteiger partial charge is 0.398 e. The lowest BCUT2D eigenvalue weighted by Gasteiger charge is -2.08. The number of nitrogen functional groups attached to an aromatic ring is 1. The zero-order chi connectivity index (χ0) is 14.0. The van der Waals surface area contributed by atoms with Gasteiger partial charge < -0.3 is 11.1 Å². The van der Waals surface area contributed by atoms with Gasteiger partial charge in [0.05, 0.1) is 21.4 Å². The zero-order valence-electron chi connectivity index (χ0n) is 9.58. The number of amides is 1. The lowest BCUT2D eigenvalue weighted by atomic mass is 10.2. The molecule has 0 aliphatic carbocycles. The van der Waals surface area contributed by atoms with E-state index < -0.39 is 0 Å². The molecule has 0 bridgehead atoms. The van der Waals surface area contributed by atoms with Gasteiger partial charge in [0.1, 0.15) is 0 Å². The van der Waals surface area contributed by atoms with E-state index in [0.29, 0.717) is 32.0 Å². The minimum Gasteiger partial charge on any atom is -0.398 e. The van der Waals surface area contributed by atoms with Crippen LogP contribution in [0.25, 0.3) is 0 Å². The molecular weight excluding hydrogens is 307 g/mol. The smallest absolute Gasteiger partial charge is 0.255 e. The Balaban J connectivity index is 2.25. The van der Waals surface area contributed by atoms with Crippen molar-refractivity contribution >= 4 is 52.1 Å². The van der Waals surface area contributed by atoms with Crippen molar-refractivity contribution in [3.63, 3.8) is 0 Å². The molecule has 0 saturated carbocycles. The molecule has 0 aromatic heterocycles. The standard InChI is InChI=1S/C13H9Cl3N2O/c14-8-2-3-9(15)12(6-8)18-13(19)7-1-4-11(17)10(16)5-7/h1-6H,17H2,(H,18,19). The van der Waals surface area contributed by atoms with Crippen LogP contribution >= 0.6 is 34.8 Å². The van der Waals surface area contributed by atoms with E-state index in [2.05, 4.69) is 5.32 Å². The molecule has 0 aliphatic rings. The van der Waals surface area contributed by atoms with Gasteiger partial charge in [0.15, 0.2) is 0 Å². The van der Waals surface area contributed by atoms with E-state index in [4.69, 9.17) is 40.5 Å². The van der Waals surface area contributed by atoms with E-state index in [-0.39, 0.29) is 5.91 Å². The Hall–Kier alpha value is -1.42. The fraction of sp³-hybridized carbons (Fsp3) is 0. The first kappa shape index (κ1) is 14.0. The number of nitrogens with one attached hydrogen (secondary N) is 1. The van der Waals surface area contributed by atoms with Crippen molar-refractivity contribution in [1.82, 2.24) is 0 Å². The first-order chi connectivity index (χ1) is 8.97. The normalized spacial score (nSPS) is 10.3. The molecule has 0 aliphatic heterocycles. The number of anilines is 2. The predicted octanol–water partition coefficient (Wildman–Crippen LogP) is 4.48. The van der Waals surface area contributed by atoms with Crippen LogP contribution < -0.4 is 11.1 Å². The molecule has 0 saturated heterocycles. The number of hydrogen-bond donors (Lipinski definition) is 2. The lowest BCUT2D eigenvalue weighted by molar-refractivity contribution is 0.102. The van der Waals surface area contributed by atoms with E-state index in [1.807, 2.05) is 0 Å². The molecule has 1 amide bonds. The highest BCUT2D eigenvalue weighted by Crippen LogP contribution is 2.26. The lowest BCUT2D eigenvalue weighted by Crippen LogP contribution is -2.12. The second-order valence-electron chi connectivity index (χ2n) is 3.81. The van der Waals surface area contributed by atoms with Gasteiger partial charge in [-0.05, 0) is 36.4 Å². The van der Waals surface area contributed by atoms with Crippen molar-refractivity contribution in [1.29, 1.82) is 0 Å². The predicted molar refractivity (Wildman–Crippen MR) is 80.3 cm³/mol. The van der Waals surface area contributed by atoms with Crippen LogP contribution in [0.4, 0.5) is 11.4 Å². The van der Waals surface area contributed by atoms with E-state index in [0.717, 1.165) is 0 Å². The summed E-state index contributed by atoms with van der Waals surface area (Å²) in [5, 5.41) is 3.87. The molecule has 19 heavy (non-hydrogen) atoms. The van der Waals surface area contributed by atoms with Crippen molar-refractivity contribution < 1.29 is 4.79 Å². The summed E-state index contributed by atoms with van der Waals surface area (Å²) in [5.74, 6) is -0.342. The van der Waals surface area contributed by atoms with Crippen molar-refractivity contribution in [2.45, 2.75) is 0 Å². The second kappa shape index (κ2) is 5.70. The molecule has 0 atom stereocenters. The average Bonchev–Trinajstić information content (AvgIpc) is 2.37. The van der Waals surface area contributed by atoms with Gasteiger partial charge >= 0.3 is 0 Å². The van der Waals surface area contributed by atoms with Gasteiger partial charge in [-0.15, -0.1) is 0 Å². The summed E-state index contributed by atoms with van der Waals surface area (Å²) >= 11 is 17.7. The number of rotatable bonds is 2. The second-order valence-corrected chi connectivity index (χ2v) is 5.07. The summed E-state index contributed by atoms with van der Waals surface area (Å²) < 4.78 is 0. The average molecular weight is 316 g/mol. The van der Waals surface area contributed by atoms with Gasteiger partial charge in [0.2, 0.25) is 0 Å². The van der Waals surface area contributed by atoms with Crippen LogP contribution in [0, 0.1) is 0 Å². The maximum absolute atomic E-state index is 12.0. The van der Waals surface area contributed by atoms with Crippen LogP contribution in [-0.2, 0) is 0 Å². The minimum absolute atomic E-state index is 0.324. The summed E-state index contributed by atoms with van der Waals surface area (Å²) in [7, 11) is 0. The Bertz CT molecular complexity index is 644. The topological polar surface area (TPSA) is 55.1 Å². The van der Waals surface area contributed by atoms with Crippen LogP contribution in [0.5, 0.6) is 0 Å². The number of halogens is 3. The van der Waals surface area contributed by atoms with Crippen LogP contribution in [0.1, 0.15) is 10.4 Å². The summed E-state index contributed by atoms with van der Waals surface area (Å²) in [6.07, 6.45) is 0. The number of carbonyl (C=O) groups is 1. The van der Waals surface area contributed by atoms with E-state index in [1.165, 1.54) is 6.07 Å². The Morgan fingerprint density at radius 2 is 1.74 bits per heavy atom. The molecule has 0 spiro atoms. The number of benzene rings is 2. The van der Waals surface area contributed by atoms with Gasteiger partial charge in [-0.25, -0.2) is 0 Å². The van der Waals surface area contributed by atoms with Gasteiger partial charge in [-0.1, -0.05) is 34.8 Å². The summed E-state index contributed by atoms with van der Waals surface area (Å²) in [5.41, 5.74) is 6.82. The molecule has 0 fully saturated rings. The van der Waals surface area contributed by atoms with Gasteiger partial charge in [0, 0.05) is 10.6 Å². The van der Waals surface area contributed by atoms with Crippen LogP contribution in [0.3, 0.4) is 0 Å². The highest BCUT2D eigenvalue weighted by atomic mass is 35.5. The number of carbonyl (C=O) groups excluding carboxylic acids is 1. The van der Waals surface area contributed by atoms with Crippen molar-refractivity contribution in [3.05, 3.63) is 57.0 Å². The highest BCUT2D eigenvalue weighted by Gasteiger charge is 2.10. The fourth-order valence-electron chi connectivity index (χ4n) is 1.46. The molecule has 2 aromatic rings. The Kier molecular flexibility index (Phi) is 4.20. The van der Waals surface area contributed by atoms with Crippen molar-refractivity contribution in [2.75, 3.05) is 11.1 Å². The molecule has 3 nitrogen and oxygen atoms in total. The maximum Gasteiger partial charge on any atom is 0.255 e. The highest BCUT2D eigenvalue weighted by molar-refractivity contribution is 6.36. The third-order valence-corrected chi connectivity index (χ3v) is 3.33. The molecular formula is C13H9Cl3N2O. The van der Waals surface area contributed by atoms with Crippen LogP contribution in [0.15, 0.2) is 36.4 Å². The van der Waals surface area contributed by atoms with Gasteiger partial charge in [-0.2, -0.15) is 0 Å². The van der Waals surface area contributed by atoms with Crippen LogP contribution in [-0.4, -0.2) is 5.91 Å². The fourth-order valence-corrected chi connectivity index (χ4v) is 1.97. The summed E-state index contributed by atoms with van der Waals surface area (Å²) in [4.78, 5) is 12.0. The molecule has 0 radical (unpaired) electrons. The first-order valence-corrected chi connectivity index (χ1v) is 6.42. The third-order valence-electron chi connectivity index (χ3n) is 2.44. The quantitative estimate of drug-likeness (QED) is 0.803. The SMILES string of the molecule is Nc1ccc(C(=O)Nc2cc(Cl)ccc2Cl)cc1Cl. The molecule has 6 heteroatoms. The summed E-state index contributed by atoms with van der Waals surface area (Å²) in [6, 6.07) is 9.45. The molecule has 2 rings (SSSR count). The van der Waals surface area contributed by atoms with E-state index in [9.17, 15) is 4.79 Å². The molecule has 0 unspecified atom stereocenters. The van der Waals surface area contributed by atoms with Crippen molar-refractivity contribution in [2.24, 2.45) is 0 Å². The van der Waals surface area contributed by atoms with Gasteiger partial charge in [0.25, 0.3) is 5.91 Å². The Morgan fingerprint density at radius 1 is 1.00 bits per heavy atom. The minimum atomic E-state index is -0.342. The molecule has 0 heterocycles. The number of nitrogens with two attached hydrogens (primary N) is 1. The van der Waals surface area contributed by atoms with Crippen LogP contribution in [0.2, 0.25) is 15.1 Å². The molecule has 98 valence electrons. The maximum atomic E-state index is 12.0. The first-order valence-electron chi connectivity index (χ1n) is 5.29. The molecule has 2 aromatic carbocycles. The monoisotopic (exact) mass is 314 g/mol. The van der Waals surface area contributed by atoms with E-state index in [1.54, 1.807) is 30.3 Å². The molecule has 3 N–H and O–H groups in total. The summed E-state index contributed by atoms with van der Waals surface area (Å²) in [6.45, 7) is 0. The number of hydrogen-bond acceptors (Lipinski definition) is 2. The third kappa shape index (κ3) is 3.32. The Labute approximate surface area is 125 Å². The zero-order valence-corrected chi connectivity index (χ0v) is 11.9. The van der Waals surface area contributed by atoms with Gasteiger partial charge in [-0.3, -0.25) is 4.79 Å².